The fourth-order valence-electron chi connectivity index (χ4n) is 1.84. The molecule has 1 amide bonds. The number of benzene rings is 1. The largest absolute Gasteiger partial charge is 0.393 e. The van der Waals surface area contributed by atoms with Crippen LogP contribution < -0.4 is 5.32 Å². The minimum absolute atomic E-state index is 0.0390. The zero-order valence-corrected chi connectivity index (χ0v) is 11.7. The van der Waals surface area contributed by atoms with Crippen molar-refractivity contribution in [3.05, 3.63) is 35.9 Å². The maximum Gasteiger partial charge on any atom is 0.233 e. The van der Waals surface area contributed by atoms with Crippen LogP contribution in [0.2, 0.25) is 0 Å². The monoisotopic (exact) mass is 267 g/mol. The van der Waals surface area contributed by atoms with Gasteiger partial charge in [0.05, 0.1) is 11.4 Å². The van der Waals surface area contributed by atoms with Crippen molar-refractivity contribution < 1.29 is 9.90 Å². The summed E-state index contributed by atoms with van der Waals surface area (Å²) < 4.78 is 0. The number of hydrogen-bond acceptors (Lipinski definition) is 3. The molecule has 3 atom stereocenters. The fraction of sp³-hybridized carbons (Fsp3) is 0.500. The molecule has 1 rings (SSSR count). The average Bonchev–Trinajstić information content (AvgIpc) is 2.28. The number of amides is 1. The minimum Gasteiger partial charge on any atom is -0.393 e. The summed E-state index contributed by atoms with van der Waals surface area (Å²) in [6.07, 6.45) is 0.752. The highest BCUT2D eigenvalue weighted by Gasteiger charge is 2.17. The van der Waals surface area contributed by atoms with Crippen LogP contribution in [0.3, 0.4) is 0 Å². The van der Waals surface area contributed by atoms with Gasteiger partial charge in [0.15, 0.2) is 0 Å². The van der Waals surface area contributed by atoms with Crippen molar-refractivity contribution in [1.82, 2.24) is 5.32 Å². The van der Waals surface area contributed by atoms with E-state index in [0.717, 1.165) is 5.56 Å². The maximum atomic E-state index is 11.9. The molecule has 0 spiro atoms. The molecule has 0 heterocycles. The quantitative estimate of drug-likeness (QED) is 0.688. The van der Waals surface area contributed by atoms with Crippen molar-refractivity contribution in [2.75, 3.05) is 0 Å². The van der Waals surface area contributed by atoms with E-state index in [4.69, 9.17) is 0 Å². The van der Waals surface area contributed by atoms with Gasteiger partial charge in [0.1, 0.15) is 0 Å². The van der Waals surface area contributed by atoms with Crippen molar-refractivity contribution >= 4 is 18.5 Å². The molecule has 0 bridgehead atoms. The number of nitrogens with one attached hydrogen (secondary N) is 1. The van der Waals surface area contributed by atoms with Crippen molar-refractivity contribution in [2.24, 2.45) is 0 Å². The van der Waals surface area contributed by atoms with Crippen molar-refractivity contribution in [3.8, 4) is 0 Å². The standard InChI is InChI=1S/C14H21NO2S/c1-10(8-11(2)16)15-14(17)13(18)9-12-6-4-3-5-7-12/h3-7,10-11,13,16,18H,8-9H2,1-2H3,(H,15,17). The first-order chi connectivity index (χ1) is 8.49. The Morgan fingerprint density at radius 3 is 2.50 bits per heavy atom. The molecule has 0 aliphatic carbocycles. The molecule has 4 heteroatoms. The third-order valence-electron chi connectivity index (χ3n) is 2.66. The van der Waals surface area contributed by atoms with E-state index >= 15 is 0 Å². The lowest BCUT2D eigenvalue weighted by Gasteiger charge is -2.18. The number of carbonyl (C=O) groups is 1. The molecule has 0 saturated carbocycles. The van der Waals surface area contributed by atoms with E-state index in [0.29, 0.717) is 12.8 Å². The molecule has 2 N–H and O–H groups in total. The Labute approximate surface area is 114 Å². The number of rotatable bonds is 6. The molecule has 0 saturated heterocycles. The third-order valence-corrected chi connectivity index (χ3v) is 3.07. The van der Waals surface area contributed by atoms with Crippen LogP contribution in [-0.2, 0) is 11.2 Å². The van der Waals surface area contributed by atoms with Crippen LogP contribution in [0.4, 0.5) is 0 Å². The van der Waals surface area contributed by atoms with Crippen LogP contribution in [0, 0.1) is 0 Å². The fourth-order valence-corrected chi connectivity index (χ4v) is 2.13. The van der Waals surface area contributed by atoms with Crippen LogP contribution in [0.5, 0.6) is 0 Å². The zero-order chi connectivity index (χ0) is 13.5. The molecule has 0 radical (unpaired) electrons. The Morgan fingerprint density at radius 1 is 1.33 bits per heavy atom. The maximum absolute atomic E-state index is 11.9. The molecule has 0 aromatic heterocycles. The molecular weight excluding hydrogens is 246 g/mol. The number of hydrogen-bond donors (Lipinski definition) is 3. The minimum atomic E-state index is -0.409. The molecule has 0 fully saturated rings. The first kappa shape index (κ1) is 15.1. The van der Waals surface area contributed by atoms with Crippen molar-refractivity contribution in [3.63, 3.8) is 0 Å². The van der Waals surface area contributed by atoms with Gasteiger partial charge >= 0.3 is 0 Å². The van der Waals surface area contributed by atoms with Gasteiger partial charge in [0.2, 0.25) is 5.91 Å². The van der Waals surface area contributed by atoms with Gasteiger partial charge < -0.3 is 10.4 Å². The lowest BCUT2D eigenvalue weighted by Crippen LogP contribution is -2.40. The Balaban J connectivity index is 2.42. The average molecular weight is 267 g/mol. The van der Waals surface area contributed by atoms with Gasteiger partial charge in [0.25, 0.3) is 0 Å². The number of carbonyl (C=O) groups excluding carboxylic acids is 1. The van der Waals surface area contributed by atoms with E-state index in [1.54, 1.807) is 6.92 Å². The van der Waals surface area contributed by atoms with E-state index in [1.165, 1.54) is 0 Å². The van der Waals surface area contributed by atoms with Crippen LogP contribution in [-0.4, -0.2) is 28.4 Å². The summed E-state index contributed by atoms with van der Waals surface area (Å²) in [5, 5.41) is 11.7. The Bertz CT molecular complexity index is 367. The molecule has 3 unspecified atom stereocenters. The van der Waals surface area contributed by atoms with Crippen molar-refractivity contribution in [1.29, 1.82) is 0 Å². The zero-order valence-electron chi connectivity index (χ0n) is 10.8. The number of aliphatic hydroxyl groups is 1. The Morgan fingerprint density at radius 2 is 1.94 bits per heavy atom. The van der Waals surface area contributed by atoms with Gasteiger partial charge in [-0.1, -0.05) is 30.3 Å². The van der Waals surface area contributed by atoms with E-state index in [9.17, 15) is 9.90 Å². The topological polar surface area (TPSA) is 49.3 Å². The highest BCUT2D eigenvalue weighted by Crippen LogP contribution is 2.08. The number of thiol groups is 1. The molecule has 18 heavy (non-hydrogen) atoms. The molecule has 1 aromatic rings. The van der Waals surface area contributed by atoms with Gasteiger partial charge in [-0.25, -0.2) is 0 Å². The van der Waals surface area contributed by atoms with Gasteiger partial charge in [-0.15, -0.1) is 0 Å². The van der Waals surface area contributed by atoms with Gasteiger partial charge in [0, 0.05) is 6.04 Å². The van der Waals surface area contributed by atoms with E-state index < -0.39 is 6.10 Å². The van der Waals surface area contributed by atoms with E-state index in [2.05, 4.69) is 17.9 Å². The highest BCUT2D eigenvalue weighted by atomic mass is 32.1. The predicted molar refractivity (Wildman–Crippen MR) is 76.8 cm³/mol. The second-order valence-electron chi connectivity index (χ2n) is 4.70. The molecule has 1 aromatic carbocycles. The summed E-state index contributed by atoms with van der Waals surface area (Å²) in [6.45, 7) is 3.60. The van der Waals surface area contributed by atoms with E-state index in [1.807, 2.05) is 37.3 Å². The third kappa shape index (κ3) is 5.56. The summed E-state index contributed by atoms with van der Waals surface area (Å²) in [5.74, 6) is -0.0877. The summed E-state index contributed by atoms with van der Waals surface area (Å²) in [4.78, 5) is 11.9. The predicted octanol–water partition coefficient (Wildman–Crippen LogP) is 1.80. The van der Waals surface area contributed by atoms with Crippen LogP contribution in [0.25, 0.3) is 0 Å². The SMILES string of the molecule is CC(O)CC(C)NC(=O)C(S)Cc1ccccc1. The van der Waals surface area contributed by atoms with Crippen molar-refractivity contribution in [2.45, 2.75) is 44.1 Å². The molecule has 100 valence electrons. The second kappa shape index (κ2) is 7.44. The summed E-state index contributed by atoms with van der Waals surface area (Å²) in [7, 11) is 0. The van der Waals surface area contributed by atoms with Gasteiger partial charge in [-0.05, 0) is 32.3 Å². The molecule has 3 nitrogen and oxygen atoms in total. The summed E-state index contributed by atoms with van der Waals surface area (Å²) >= 11 is 4.33. The summed E-state index contributed by atoms with van der Waals surface area (Å²) in [6, 6.07) is 9.77. The highest BCUT2D eigenvalue weighted by molar-refractivity contribution is 7.81. The number of aliphatic hydroxyl groups excluding tert-OH is 1. The van der Waals surface area contributed by atoms with Crippen LogP contribution >= 0.6 is 12.6 Å². The Hall–Kier alpha value is -1.00. The first-order valence-electron chi connectivity index (χ1n) is 6.19. The lowest BCUT2D eigenvalue weighted by atomic mass is 10.1. The van der Waals surface area contributed by atoms with Crippen LogP contribution in [0.15, 0.2) is 30.3 Å². The second-order valence-corrected chi connectivity index (χ2v) is 5.32. The smallest absolute Gasteiger partial charge is 0.233 e. The molecular formula is C14H21NO2S. The van der Waals surface area contributed by atoms with Gasteiger partial charge in [-0.3, -0.25) is 4.79 Å². The van der Waals surface area contributed by atoms with Gasteiger partial charge in [-0.2, -0.15) is 12.6 Å². The Kier molecular flexibility index (Phi) is 6.22. The normalized spacial score (nSPS) is 15.8. The molecule has 0 aliphatic heterocycles. The molecule has 0 aliphatic rings. The van der Waals surface area contributed by atoms with E-state index in [-0.39, 0.29) is 17.2 Å². The first-order valence-corrected chi connectivity index (χ1v) is 6.71. The summed E-state index contributed by atoms with van der Waals surface area (Å²) in [5.41, 5.74) is 1.09. The van der Waals surface area contributed by atoms with Crippen LogP contribution in [0.1, 0.15) is 25.8 Å². The lowest BCUT2D eigenvalue weighted by molar-refractivity contribution is -0.121.